The maximum Gasteiger partial charge on any atom is 0.326 e. The molecule has 1 aromatic rings. The number of nitrogens with two attached hydrogens (primary N) is 1. The Kier molecular flexibility index (Phi) is 8.34. The first-order valence-corrected chi connectivity index (χ1v) is 10.0. The van der Waals surface area contributed by atoms with Gasteiger partial charge in [0.15, 0.2) is 0 Å². The number of amides is 1. The highest BCUT2D eigenvalue weighted by Crippen LogP contribution is 2.29. The molecule has 1 aromatic heterocycles. The highest BCUT2D eigenvalue weighted by Gasteiger charge is 2.32. The van der Waals surface area contributed by atoms with Crippen LogP contribution in [0.3, 0.4) is 0 Å². The van der Waals surface area contributed by atoms with Crippen molar-refractivity contribution >= 4 is 29.6 Å². The Morgan fingerprint density at radius 1 is 1.20 bits per heavy atom. The molecule has 0 aliphatic carbocycles. The molecule has 1 aliphatic heterocycles. The minimum absolute atomic E-state index is 0.149. The van der Waals surface area contributed by atoms with Gasteiger partial charge in [-0.3, -0.25) is 9.59 Å². The molecule has 166 valence electrons. The Balaban J connectivity index is 1.63. The van der Waals surface area contributed by atoms with E-state index in [1.54, 1.807) is 6.20 Å². The number of carbonyl (C=O) groups excluding carboxylic acids is 1. The fraction of sp³-hybridized carbons (Fsp3) is 0.632. The van der Waals surface area contributed by atoms with Crippen molar-refractivity contribution in [1.29, 1.82) is 0 Å². The first-order valence-electron chi connectivity index (χ1n) is 10.0. The Morgan fingerprint density at radius 3 is 2.63 bits per heavy atom. The van der Waals surface area contributed by atoms with E-state index in [2.05, 4.69) is 20.6 Å². The standard InChI is InChI=1S/C19H29N5O6/c20-18-21-10-12-9-19(30,11-22-16(12)24-18)8-4-2-1-3-5-14(25)23-13(17(28)29)6-7-15(26)27/h10,13,30H,1-9,11H2,(H,23,25)(H,26,27)(H,28,29)(H3,20,21,22,24)/t13-,19?/m0/s1. The minimum atomic E-state index is -1.24. The number of fused-ring (bicyclic) bond motifs is 1. The molecule has 30 heavy (non-hydrogen) atoms. The van der Waals surface area contributed by atoms with E-state index in [0.29, 0.717) is 31.6 Å². The molecule has 11 nitrogen and oxygen atoms in total. The van der Waals surface area contributed by atoms with Crippen molar-refractivity contribution in [3.8, 4) is 0 Å². The third-order valence-electron chi connectivity index (χ3n) is 5.06. The van der Waals surface area contributed by atoms with E-state index in [1.807, 2.05) is 0 Å². The minimum Gasteiger partial charge on any atom is -0.481 e. The number of nitrogens with one attached hydrogen (secondary N) is 2. The van der Waals surface area contributed by atoms with Gasteiger partial charge in [0.25, 0.3) is 0 Å². The largest absolute Gasteiger partial charge is 0.481 e. The molecule has 1 unspecified atom stereocenters. The Hall–Kier alpha value is -2.95. The van der Waals surface area contributed by atoms with Gasteiger partial charge in [-0.2, -0.15) is 4.98 Å². The number of anilines is 2. The number of carboxylic acids is 2. The lowest BCUT2D eigenvalue weighted by molar-refractivity contribution is -0.143. The first kappa shape index (κ1) is 23.3. The van der Waals surface area contributed by atoms with Crippen LogP contribution < -0.4 is 16.4 Å². The van der Waals surface area contributed by atoms with Crippen LogP contribution >= 0.6 is 0 Å². The number of carboxylic acid groups (broad SMARTS) is 2. The number of rotatable bonds is 12. The van der Waals surface area contributed by atoms with Crippen LogP contribution in [0.5, 0.6) is 0 Å². The SMILES string of the molecule is Nc1ncc2c(n1)NCC(O)(CCCCCCC(=O)N[C@@H](CCC(=O)O)C(=O)O)C2. The highest BCUT2D eigenvalue weighted by molar-refractivity contribution is 5.83. The topological polar surface area (TPSA) is 188 Å². The number of nitrogens with zero attached hydrogens (tertiary/aromatic N) is 2. The molecular weight excluding hydrogens is 394 g/mol. The third-order valence-corrected chi connectivity index (χ3v) is 5.06. The lowest BCUT2D eigenvalue weighted by Gasteiger charge is -2.33. The van der Waals surface area contributed by atoms with E-state index >= 15 is 0 Å². The summed E-state index contributed by atoms with van der Waals surface area (Å²) in [7, 11) is 0. The van der Waals surface area contributed by atoms with Crippen LogP contribution in [-0.2, 0) is 20.8 Å². The molecule has 0 saturated heterocycles. The second-order valence-corrected chi connectivity index (χ2v) is 7.66. The zero-order valence-electron chi connectivity index (χ0n) is 16.8. The number of aliphatic hydroxyl groups is 1. The molecule has 0 fully saturated rings. The van der Waals surface area contributed by atoms with Gasteiger partial charge in [-0.15, -0.1) is 0 Å². The maximum absolute atomic E-state index is 11.9. The van der Waals surface area contributed by atoms with Gasteiger partial charge in [-0.05, 0) is 19.3 Å². The van der Waals surface area contributed by atoms with Crippen molar-refractivity contribution in [2.75, 3.05) is 17.6 Å². The number of aromatic nitrogens is 2. The molecule has 0 spiro atoms. The second-order valence-electron chi connectivity index (χ2n) is 7.66. The molecule has 7 N–H and O–H groups in total. The Labute approximate surface area is 174 Å². The maximum atomic E-state index is 11.9. The summed E-state index contributed by atoms with van der Waals surface area (Å²) >= 11 is 0. The fourth-order valence-corrected chi connectivity index (χ4v) is 3.43. The number of nitrogen functional groups attached to an aromatic ring is 1. The van der Waals surface area contributed by atoms with Gasteiger partial charge in [-0.1, -0.05) is 19.3 Å². The molecule has 11 heteroatoms. The van der Waals surface area contributed by atoms with Gasteiger partial charge in [0.1, 0.15) is 11.9 Å². The van der Waals surface area contributed by atoms with Gasteiger partial charge in [0.2, 0.25) is 11.9 Å². The van der Waals surface area contributed by atoms with Gasteiger partial charge < -0.3 is 31.7 Å². The van der Waals surface area contributed by atoms with E-state index in [0.717, 1.165) is 24.8 Å². The first-order chi connectivity index (χ1) is 14.2. The summed E-state index contributed by atoms with van der Waals surface area (Å²) in [5.41, 5.74) is 5.50. The average Bonchev–Trinajstić information content (AvgIpc) is 2.67. The molecule has 2 atom stereocenters. The van der Waals surface area contributed by atoms with Crippen LogP contribution in [0, 0.1) is 0 Å². The number of aliphatic carboxylic acids is 2. The molecule has 1 aliphatic rings. The van der Waals surface area contributed by atoms with Crippen molar-refractivity contribution in [3.63, 3.8) is 0 Å². The number of β-amino-alcohol motifs (C(OH)–C–C–N with tert-alkyl or cyclic N) is 1. The van der Waals surface area contributed by atoms with E-state index in [4.69, 9.17) is 15.9 Å². The van der Waals surface area contributed by atoms with Gasteiger partial charge in [-0.25, -0.2) is 9.78 Å². The van der Waals surface area contributed by atoms with Crippen molar-refractivity contribution in [2.45, 2.75) is 69.4 Å². The van der Waals surface area contributed by atoms with Gasteiger partial charge in [0.05, 0.1) is 5.60 Å². The second kappa shape index (κ2) is 10.7. The molecular formula is C19H29N5O6. The molecule has 1 amide bonds. The zero-order valence-corrected chi connectivity index (χ0v) is 16.8. The summed E-state index contributed by atoms with van der Waals surface area (Å²) in [4.78, 5) is 41.6. The zero-order chi connectivity index (χ0) is 22.1. The summed E-state index contributed by atoms with van der Waals surface area (Å²) in [6.45, 7) is 0.381. The van der Waals surface area contributed by atoms with Gasteiger partial charge in [0, 0.05) is 37.6 Å². The summed E-state index contributed by atoms with van der Waals surface area (Å²) in [6, 6.07) is -1.19. The lowest BCUT2D eigenvalue weighted by Crippen LogP contribution is -2.43. The van der Waals surface area contributed by atoms with Crippen molar-refractivity contribution < 1.29 is 29.7 Å². The number of hydrogen-bond acceptors (Lipinski definition) is 8. The van der Waals surface area contributed by atoms with Crippen LogP contribution in [0.4, 0.5) is 11.8 Å². The van der Waals surface area contributed by atoms with Crippen LogP contribution in [-0.4, -0.2) is 61.3 Å². The molecule has 2 heterocycles. The molecule has 2 rings (SSSR count). The van der Waals surface area contributed by atoms with E-state index in [1.165, 1.54) is 0 Å². The van der Waals surface area contributed by atoms with E-state index in [-0.39, 0.29) is 25.2 Å². The third kappa shape index (κ3) is 7.47. The smallest absolute Gasteiger partial charge is 0.326 e. The molecule has 0 radical (unpaired) electrons. The van der Waals surface area contributed by atoms with Gasteiger partial charge >= 0.3 is 11.9 Å². The Bertz CT molecular complexity index is 774. The highest BCUT2D eigenvalue weighted by atomic mass is 16.4. The molecule has 0 saturated carbocycles. The van der Waals surface area contributed by atoms with E-state index in [9.17, 15) is 19.5 Å². The summed E-state index contributed by atoms with van der Waals surface area (Å²) < 4.78 is 0. The summed E-state index contributed by atoms with van der Waals surface area (Å²) in [6.07, 6.45) is 5.32. The van der Waals surface area contributed by atoms with Crippen LogP contribution in [0.15, 0.2) is 6.20 Å². The van der Waals surface area contributed by atoms with Crippen LogP contribution in [0.2, 0.25) is 0 Å². The van der Waals surface area contributed by atoms with Crippen LogP contribution in [0.1, 0.15) is 56.9 Å². The number of hydrogen-bond donors (Lipinski definition) is 6. The summed E-state index contributed by atoms with van der Waals surface area (Å²) in [5, 5.41) is 33.9. The average molecular weight is 423 g/mol. The quantitative estimate of drug-likeness (QED) is 0.259. The Morgan fingerprint density at radius 2 is 1.93 bits per heavy atom. The van der Waals surface area contributed by atoms with Crippen LogP contribution in [0.25, 0.3) is 0 Å². The summed E-state index contributed by atoms with van der Waals surface area (Å²) in [5.74, 6) is -1.91. The lowest BCUT2D eigenvalue weighted by atomic mass is 9.87. The molecule has 0 aromatic carbocycles. The monoisotopic (exact) mass is 423 g/mol. The van der Waals surface area contributed by atoms with Crippen molar-refractivity contribution in [3.05, 3.63) is 11.8 Å². The van der Waals surface area contributed by atoms with Crippen molar-refractivity contribution in [2.24, 2.45) is 0 Å². The number of unbranched alkanes of at least 4 members (excludes halogenated alkanes) is 3. The number of carbonyl (C=O) groups is 3. The molecule has 0 bridgehead atoms. The predicted molar refractivity (Wildman–Crippen MR) is 108 cm³/mol. The predicted octanol–water partition coefficient (Wildman–Crippen LogP) is 0.533. The van der Waals surface area contributed by atoms with Crippen molar-refractivity contribution in [1.82, 2.24) is 15.3 Å². The van der Waals surface area contributed by atoms with E-state index < -0.39 is 29.5 Å². The fourth-order valence-electron chi connectivity index (χ4n) is 3.43. The normalized spacial score (nSPS) is 18.7.